The van der Waals surface area contributed by atoms with Crippen LogP contribution in [0.5, 0.6) is 5.75 Å². The summed E-state index contributed by atoms with van der Waals surface area (Å²) in [6, 6.07) is 4.90. The highest BCUT2D eigenvalue weighted by atomic mass is 16.6. The van der Waals surface area contributed by atoms with E-state index in [2.05, 4.69) is 26.1 Å². The fourth-order valence-electron chi connectivity index (χ4n) is 2.09. The topological polar surface area (TPSA) is 64.4 Å². The van der Waals surface area contributed by atoms with Crippen LogP contribution in [0.4, 0.5) is 11.4 Å². The SMILES string of the molecule is CCCC(C)(C)Nc1ccc([N+](=O)[O-])c(OCC)c1. The molecular weight excluding hydrogens is 244 g/mol. The van der Waals surface area contributed by atoms with E-state index in [1.165, 1.54) is 6.07 Å². The number of nitro groups is 1. The van der Waals surface area contributed by atoms with E-state index < -0.39 is 4.92 Å². The van der Waals surface area contributed by atoms with Crippen LogP contribution in [0.3, 0.4) is 0 Å². The number of anilines is 1. The molecule has 0 fully saturated rings. The highest BCUT2D eigenvalue weighted by Crippen LogP contribution is 2.31. The van der Waals surface area contributed by atoms with Gasteiger partial charge in [-0.25, -0.2) is 0 Å². The monoisotopic (exact) mass is 266 g/mol. The van der Waals surface area contributed by atoms with Crippen LogP contribution in [0.25, 0.3) is 0 Å². The predicted molar refractivity (Wildman–Crippen MR) is 76.9 cm³/mol. The molecule has 0 heterocycles. The van der Waals surface area contributed by atoms with Gasteiger partial charge in [-0.05, 0) is 33.3 Å². The van der Waals surface area contributed by atoms with Crippen LogP contribution in [0, 0.1) is 10.1 Å². The third-order valence-corrected chi connectivity index (χ3v) is 2.81. The maximum Gasteiger partial charge on any atom is 0.311 e. The number of benzene rings is 1. The molecule has 0 aliphatic heterocycles. The maximum atomic E-state index is 10.9. The average Bonchev–Trinajstić information content (AvgIpc) is 2.28. The Bertz CT molecular complexity index is 444. The van der Waals surface area contributed by atoms with Gasteiger partial charge in [-0.3, -0.25) is 10.1 Å². The Kier molecular flexibility index (Phi) is 5.15. The molecule has 0 radical (unpaired) electrons. The van der Waals surface area contributed by atoms with Crippen molar-refractivity contribution in [1.82, 2.24) is 0 Å². The van der Waals surface area contributed by atoms with Crippen LogP contribution < -0.4 is 10.1 Å². The van der Waals surface area contributed by atoms with E-state index in [0.29, 0.717) is 12.4 Å². The Hall–Kier alpha value is -1.78. The van der Waals surface area contributed by atoms with Crippen molar-refractivity contribution in [3.63, 3.8) is 0 Å². The molecule has 0 bridgehead atoms. The standard InChI is InChI=1S/C14H22N2O3/c1-5-9-14(3,4)15-11-7-8-12(16(17)18)13(10-11)19-6-2/h7-8,10,15H,5-6,9H2,1-4H3. The van der Waals surface area contributed by atoms with E-state index in [9.17, 15) is 10.1 Å². The second kappa shape index (κ2) is 6.41. The van der Waals surface area contributed by atoms with Crippen LogP contribution >= 0.6 is 0 Å². The summed E-state index contributed by atoms with van der Waals surface area (Å²) < 4.78 is 5.33. The third kappa shape index (κ3) is 4.43. The summed E-state index contributed by atoms with van der Waals surface area (Å²) in [7, 11) is 0. The second-order valence-electron chi connectivity index (χ2n) is 5.13. The molecule has 1 N–H and O–H groups in total. The molecule has 0 saturated carbocycles. The Morgan fingerprint density at radius 2 is 2.05 bits per heavy atom. The van der Waals surface area contributed by atoms with Gasteiger partial charge in [0, 0.05) is 23.4 Å². The third-order valence-electron chi connectivity index (χ3n) is 2.81. The zero-order chi connectivity index (χ0) is 14.5. The van der Waals surface area contributed by atoms with Gasteiger partial charge in [0.25, 0.3) is 0 Å². The largest absolute Gasteiger partial charge is 0.487 e. The Morgan fingerprint density at radius 3 is 2.58 bits per heavy atom. The van der Waals surface area contributed by atoms with Gasteiger partial charge in [-0.2, -0.15) is 0 Å². The van der Waals surface area contributed by atoms with Gasteiger partial charge in [0.05, 0.1) is 11.5 Å². The first-order chi connectivity index (χ1) is 8.89. The van der Waals surface area contributed by atoms with Gasteiger partial charge in [-0.15, -0.1) is 0 Å². The molecule has 5 heteroatoms. The second-order valence-corrected chi connectivity index (χ2v) is 5.13. The molecule has 0 unspecified atom stereocenters. The summed E-state index contributed by atoms with van der Waals surface area (Å²) in [5.41, 5.74) is 0.794. The van der Waals surface area contributed by atoms with Gasteiger partial charge in [0.2, 0.25) is 0 Å². The lowest BCUT2D eigenvalue weighted by Crippen LogP contribution is -2.30. The fraction of sp³-hybridized carbons (Fsp3) is 0.571. The summed E-state index contributed by atoms with van der Waals surface area (Å²) in [4.78, 5) is 10.5. The number of nitro benzene ring substituents is 1. The molecule has 1 aromatic rings. The van der Waals surface area contributed by atoms with E-state index in [0.717, 1.165) is 18.5 Å². The summed E-state index contributed by atoms with van der Waals surface area (Å²) in [5.74, 6) is 0.310. The fourth-order valence-corrected chi connectivity index (χ4v) is 2.09. The zero-order valence-electron chi connectivity index (χ0n) is 12.0. The molecule has 0 amide bonds. The molecule has 1 aromatic carbocycles. The van der Waals surface area contributed by atoms with Crippen molar-refractivity contribution >= 4 is 11.4 Å². The number of nitrogens with one attached hydrogen (secondary N) is 1. The van der Waals surface area contributed by atoms with Gasteiger partial charge >= 0.3 is 5.69 Å². The zero-order valence-corrected chi connectivity index (χ0v) is 12.0. The molecule has 5 nitrogen and oxygen atoms in total. The van der Waals surface area contributed by atoms with Gasteiger partial charge in [0.1, 0.15) is 0 Å². The summed E-state index contributed by atoms with van der Waals surface area (Å²) in [5, 5.41) is 14.3. The van der Waals surface area contributed by atoms with Crippen molar-refractivity contribution in [2.75, 3.05) is 11.9 Å². The number of nitrogens with zero attached hydrogens (tertiary/aromatic N) is 1. The molecule has 19 heavy (non-hydrogen) atoms. The van der Waals surface area contributed by atoms with Gasteiger partial charge in [0.15, 0.2) is 5.75 Å². The molecule has 0 spiro atoms. The van der Waals surface area contributed by atoms with Crippen molar-refractivity contribution in [2.45, 2.75) is 46.1 Å². The van der Waals surface area contributed by atoms with Crippen LogP contribution in [0.2, 0.25) is 0 Å². The molecule has 106 valence electrons. The molecule has 0 aliphatic rings. The minimum absolute atomic E-state index is 0.000646. The number of hydrogen-bond acceptors (Lipinski definition) is 4. The average molecular weight is 266 g/mol. The normalized spacial score (nSPS) is 11.2. The molecule has 0 aromatic heterocycles. The van der Waals surface area contributed by atoms with Crippen LogP contribution in [-0.4, -0.2) is 17.1 Å². The summed E-state index contributed by atoms with van der Waals surface area (Å²) in [6.07, 6.45) is 2.10. The van der Waals surface area contributed by atoms with Crippen molar-refractivity contribution in [2.24, 2.45) is 0 Å². The first kappa shape index (κ1) is 15.3. The summed E-state index contributed by atoms with van der Waals surface area (Å²) in [6.45, 7) is 8.56. The number of rotatable bonds is 7. The Morgan fingerprint density at radius 1 is 1.37 bits per heavy atom. The van der Waals surface area contributed by atoms with E-state index >= 15 is 0 Å². The van der Waals surface area contributed by atoms with E-state index in [-0.39, 0.29) is 11.2 Å². The Balaban J connectivity index is 2.98. The smallest absolute Gasteiger partial charge is 0.311 e. The quantitative estimate of drug-likeness (QED) is 0.598. The van der Waals surface area contributed by atoms with Gasteiger partial charge in [-0.1, -0.05) is 13.3 Å². The first-order valence-electron chi connectivity index (χ1n) is 6.59. The molecular formula is C14H22N2O3. The van der Waals surface area contributed by atoms with E-state index in [1.54, 1.807) is 12.1 Å². The number of hydrogen-bond donors (Lipinski definition) is 1. The van der Waals surface area contributed by atoms with Crippen molar-refractivity contribution in [3.05, 3.63) is 28.3 Å². The maximum absolute atomic E-state index is 10.9. The first-order valence-corrected chi connectivity index (χ1v) is 6.59. The molecule has 0 aliphatic carbocycles. The van der Waals surface area contributed by atoms with Crippen LogP contribution in [0.15, 0.2) is 18.2 Å². The van der Waals surface area contributed by atoms with Crippen LogP contribution in [-0.2, 0) is 0 Å². The molecule has 0 atom stereocenters. The van der Waals surface area contributed by atoms with E-state index in [1.807, 2.05) is 6.92 Å². The van der Waals surface area contributed by atoms with Crippen molar-refractivity contribution in [1.29, 1.82) is 0 Å². The predicted octanol–water partition coefficient (Wildman–Crippen LogP) is 3.98. The minimum Gasteiger partial charge on any atom is -0.487 e. The lowest BCUT2D eigenvalue weighted by molar-refractivity contribution is -0.385. The minimum atomic E-state index is -0.425. The van der Waals surface area contributed by atoms with Crippen LogP contribution in [0.1, 0.15) is 40.5 Å². The Labute approximate surface area is 114 Å². The van der Waals surface area contributed by atoms with Crippen molar-refractivity contribution < 1.29 is 9.66 Å². The van der Waals surface area contributed by atoms with Gasteiger partial charge < -0.3 is 10.1 Å². The van der Waals surface area contributed by atoms with E-state index in [4.69, 9.17) is 4.74 Å². The molecule has 1 rings (SSSR count). The number of ether oxygens (including phenoxy) is 1. The summed E-state index contributed by atoms with van der Waals surface area (Å²) >= 11 is 0. The lowest BCUT2D eigenvalue weighted by Gasteiger charge is -2.27. The highest BCUT2D eigenvalue weighted by Gasteiger charge is 2.19. The lowest BCUT2D eigenvalue weighted by atomic mass is 9.98. The molecule has 0 saturated heterocycles. The highest BCUT2D eigenvalue weighted by molar-refractivity contribution is 5.58. The van der Waals surface area contributed by atoms with Crippen molar-refractivity contribution in [3.8, 4) is 5.75 Å².